The van der Waals surface area contributed by atoms with Crippen LogP contribution >= 0.6 is 0 Å². The van der Waals surface area contributed by atoms with Crippen molar-refractivity contribution in [2.75, 3.05) is 24.7 Å². The zero-order valence-corrected chi connectivity index (χ0v) is 14.5. The van der Waals surface area contributed by atoms with Crippen LogP contribution in [0, 0.1) is 5.41 Å². The number of nitrogens with zero attached hydrogens (tertiary/aromatic N) is 1. The largest absolute Gasteiger partial charge is 0.388 e. The number of allylic oxidation sites excluding steroid dienone is 1. The lowest BCUT2D eigenvalue weighted by atomic mass is 9.87. The van der Waals surface area contributed by atoms with Gasteiger partial charge in [-0.1, -0.05) is 32.9 Å². The second kappa shape index (κ2) is 7.69. The van der Waals surface area contributed by atoms with Crippen LogP contribution in [0.2, 0.25) is 0 Å². The van der Waals surface area contributed by atoms with E-state index in [4.69, 9.17) is 0 Å². The van der Waals surface area contributed by atoms with Crippen molar-refractivity contribution in [3.63, 3.8) is 0 Å². The molecule has 0 heterocycles. The minimum atomic E-state index is 0.120. The summed E-state index contributed by atoms with van der Waals surface area (Å²) in [6.07, 6.45) is 2.05. The van der Waals surface area contributed by atoms with Gasteiger partial charge in [-0.2, -0.15) is 0 Å². The maximum atomic E-state index is 4.27. The highest BCUT2D eigenvalue weighted by molar-refractivity contribution is 5.95. The van der Waals surface area contributed by atoms with E-state index in [2.05, 4.69) is 61.3 Å². The van der Waals surface area contributed by atoms with Crippen molar-refractivity contribution < 1.29 is 0 Å². The zero-order chi connectivity index (χ0) is 16.8. The summed E-state index contributed by atoms with van der Waals surface area (Å²) in [4.78, 5) is 4.27. The van der Waals surface area contributed by atoms with Crippen molar-refractivity contribution in [1.82, 2.24) is 5.32 Å². The first-order chi connectivity index (χ1) is 10.3. The smallest absolute Gasteiger partial charge is 0.126 e. The fourth-order valence-electron chi connectivity index (χ4n) is 1.66. The Hall–Kier alpha value is -2.23. The topological polar surface area (TPSA) is 48.5 Å². The van der Waals surface area contributed by atoms with Gasteiger partial charge in [0.05, 0.1) is 0 Å². The summed E-state index contributed by atoms with van der Waals surface area (Å²) in [7, 11) is 3.67. The van der Waals surface area contributed by atoms with E-state index in [-0.39, 0.29) is 5.41 Å². The van der Waals surface area contributed by atoms with Crippen LogP contribution in [0.5, 0.6) is 0 Å². The summed E-state index contributed by atoms with van der Waals surface area (Å²) in [5.41, 5.74) is 3.42. The van der Waals surface area contributed by atoms with E-state index in [1.165, 1.54) is 5.57 Å². The summed E-state index contributed by atoms with van der Waals surface area (Å²) < 4.78 is 0. The second-order valence-corrected chi connectivity index (χ2v) is 6.24. The van der Waals surface area contributed by atoms with E-state index in [1.54, 1.807) is 7.05 Å². The first-order valence-electron chi connectivity index (χ1n) is 7.42. The van der Waals surface area contributed by atoms with Gasteiger partial charge in [0.25, 0.3) is 0 Å². The zero-order valence-electron chi connectivity index (χ0n) is 14.5. The van der Waals surface area contributed by atoms with Crippen LogP contribution in [0.15, 0.2) is 53.3 Å². The van der Waals surface area contributed by atoms with Crippen molar-refractivity contribution in [2.24, 2.45) is 10.4 Å². The third kappa shape index (κ3) is 5.64. The highest BCUT2D eigenvalue weighted by Gasteiger charge is 2.13. The minimum absolute atomic E-state index is 0.120. The van der Waals surface area contributed by atoms with Crippen LogP contribution in [0.1, 0.15) is 27.7 Å². The summed E-state index contributed by atoms with van der Waals surface area (Å²) in [6, 6.07) is 8.01. The molecule has 0 unspecified atom stereocenters. The molecule has 0 atom stereocenters. The number of aliphatic imine (C=N–C) groups is 1. The Bertz CT molecular complexity index is 560. The van der Waals surface area contributed by atoms with Gasteiger partial charge in [0.1, 0.15) is 11.7 Å². The van der Waals surface area contributed by atoms with E-state index in [0.717, 1.165) is 17.2 Å². The quantitative estimate of drug-likeness (QED) is 0.563. The first-order valence-corrected chi connectivity index (χ1v) is 7.42. The molecule has 3 N–H and O–H groups in total. The van der Waals surface area contributed by atoms with Gasteiger partial charge in [-0.25, -0.2) is 0 Å². The molecule has 0 aromatic heterocycles. The number of anilines is 2. The predicted octanol–water partition coefficient (Wildman–Crippen LogP) is 4.22. The number of hydrogen-bond donors (Lipinski definition) is 3. The number of benzene rings is 1. The summed E-state index contributed by atoms with van der Waals surface area (Å²) in [5.74, 6) is 1.48. The van der Waals surface area contributed by atoms with Gasteiger partial charge >= 0.3 is 0 Å². The average molecular weight is 300 g/mol. The molecule has 0 saturated heterocycles. The van der Waals surface area contributed by atoms with Crippen LogP contribution in [-0.2, 0) is 0 Å². The standard InChI is InChI=1S/C18H28N4/c1-13(18(3,4)5)12-17(20-7)22-14(2)21-16-10-8-15(19-6)9-11-16/h8-12,19,21H,2H2,1,3-7H3,(H,20,22)/b13-12+. The lowest BCUT2D eigenvalue weighted by molar-refractivity contribution is 0.504. The van der Waals surface area contributed by atoms with Gasteiger partial charge in [-0.05, 0) is 42.7 Å². The molecule has 0 aliphatic carbocycles. The minimum Gasteiger partial charge on any atom is -0.388 e. The van der Waals surface area contributed by atoms with E-state index in [0.29, 0.717) is 5.82 Å². The van der Waals surface area contributed by atoms with Gasteiger partial charge in [-0.15, -0.1) is 0 Å². The van der Waals surface area contributed by atoms with Gasteiger partial charge in [-0.3, -0.25) is 4.99 Å². The highest BCUT2D eigenvalue weighted by atomic mass is 15.1. The van der Waals surface area contributed by atoms with Gasteiger partial charge in [0.2, 0.25) is 0 Å². The van der Waals surface area contributed by atoms with Crippen molar-refractivity contribution in [3.05, 3.63) is 48.3 Å². The molecule has 0 fully saturated rings. The first kappa shape index (κ1) is 17.8. The normalized spacial score (nSPS) is 12.8. The molecular formula is C18H28N4. The van der Waals surface area contributed by atoms with Gasteiger partial charge in [0.15, 0.2) is 0 Å². The summed E-state index contributed by atoms with van der Waals surface area (Å²) in [6.45, 7) is 12.7. The molecule has 0 aliphatic heterocycles. The molecule has 0 spiro atoms. The SMILES string of the molecule is C=C(NC(/C=C(\C)C(C)(C)C)=NC)Nc1ccc(NC)cc1. The van der Waals surface area contributed by atoms with Crippen molar-refractivity contribution >= 4 is 17.2 Å². The lowest BCUT2D eigenvalue weighted by Crippen LogP contribution is -2.25. The summed E-state index contributed by atoms with van der Waals surface area (Å²) >= 11 is 0. The Balaban J connectivity index is 2.70. The predicted molar refractivity (Wildman–Crippen MR) is 98.5 cm³/mol. The molecule has 22 heavy (non-hydrogen) atoms. The molecule has 4 nitrogen and oxygen atoms in total. The van der Waals surface area contributed by atoms with Crippen LogP contribution in [-0.4, -0.2) is 19.9 Å². The van der Waals surface area contributed by atoms with Crippen molar-refractivity contribution in [3.8, 4) is 0 Å². The molecule has 1 rings (SSSR count). The van der Waals surface area contributed by atoms with E-state index in [1.807, 2.05) is 31.3 Å². The summed E-state index contributed by atoms with van der Waals surface area (Å²) in [5, 5.41) is 9.52. The molecule has 1 aromatic rings. The molecule has 0 radical (unpaired) electrons. The molecule has 0 aliphatic rings. The molecule has 0 amide bonds. The molecule has 1 aromatic carbocycles. The van der Waals surface area contributed by atoms with E-state index >= 15 is 0 Å². The van der Waals surface area contributed by atoms with Crippen molar-refractivity contribution in [1.29, 1.82) is 0 Å². The van der Waals surface area contributed by atoms with Gasteiger partial charge in [0, 0.05) is 25.5 Å². The Kier molecular flexibility index (Phi) is 6.23. The number of rotatable bonds is 5. The third-order valence-corrected chi connectivity index (χ3v) is 3.52. The monoisotopic (exact) mass is 300 g/mol. The fraction of sp³-hybridized carbons (Fsp3) is 0.389. The van der Waals surface area contributed by atoms with Crippen LogP contribution < -0.4 is 16.0 Å². The van der Waals surface area contributed by atoms with Crippen LogP contribution in [0.4, 0.5) is 11.4 Å². The Morgan fingerprint density at radius 2 is 1.68 bits per heavy atom. The maximum Gasteiger partial charge on any atom is 0.126 e. The molecule has 0 saturated carbocycles. The number of nitrogens with one attached hydrogen (secondary N) is 3. The van der Waals surface area contributed by atoms with Gasteiger partial charge < -0.3 is 16.0 Å². The molecule has 4 heteroatoms. The average Bonchev–Trinajstić information content (AvgIpc) is 2.46. The van der Waals surface area contributed by atoms with Crippen molar-refractivity contribution in [2.45, 2.75) is 27.7 Å². The fourth-order valence-corrected chi connectivity index (χ4v) is 1.66. The Morgan fingerprint density at radius 1 is 1.14 bits per heavy atom. The lowest BCUT2D eigenvalue weighted by Gasteiger charge is -2.20. The molecule has 0 bridgehead atoms. The number of hydrogen-bond acceptors (Lipinski definition) is 3. The molecular weight excluding hydrogens is 272 g/mol. The van der Waals surface area contributed by atoms with E-state index < -0.39 is 0 Å². The highest BCUT2D eigenvalue weighted by Crippen LogP contribution is 2.24. The number of amidine groups is 1. The van der Waals surface area contributed by atoms with Crippen LogP contribution in [0.25, 0.3) is 0 Å². The van der Waals surface area contributed by atoms with E-state index in [9.17, 15) is 0 Å². The second-order valence-electron chi connectivity index (χ2n) is 6.24. The Labute approximate surface area is 134 Å². The Morgan fingerprint density at radius 3 is 2.14 bits per heavy atom. The third-order valence-electron chi connectivity index (χ3n) is 3.52. The molecule has 120 valence electrons. The maximum absolute atomic E-state index is 4.27. The van der Waals surface area contributed by atoms with Crippen LogP contribution in [0.3, 0.4) is 0 Å².